The molecule has 0 aliphatic heterocycles. The van der Waals surface area contributed by atoms with Crippen molar-refractivity contribution in [3.8, 4) is 11.1 Å². The van der Waals surface area contributed by atoms with Crippen LogP contribution in [0.25, 0.3) is 11.1 Å². The molecule has 2 aromatic carbocycles. The van der Waals surface area contributed by atoms with Gasteiger partial charge in [0, 0.05) is 0 Å². The van der Waals surface area contributed by atoms with Gasteiger partial charge in [0.2, 0.25) is 0 Å². The maximum Gasteiger partial charge on any atom is 0.466 e. The first kappa shape index (κ1) is 23.6. The fourth-order valence-corrected chi connectivity index (χ4v) is 3.04. The van der Waals surface area contributed by atoms with E-state index in [1.54, 1.807) is 0 Å². The normalized spacial score (nSPS) is 11.2. The SMILES string of the molecule is CC(C)CCCCCCCc1ccccc1-c1ccccc1.O=P(O)(O)O. The number of benzene rings is 2. The molecular formula is C22H33O4P. The van der Waals surface area contributed by atoms with Gasteiger partial charge in [0.1, 0.15) is 0 Å². The summed E-state index contributed by atoms with van der Waals surface area (Å²) in [5.74, 6) is 0.859. The summed E-state index contributed by atoms with van der Waals surface area (Å²) in [5, 5.41) is 0. The standard InChI is InChI=1S/C22H30.H3O4P/c1-19(2)13-7-4-3-5-8-14-21-17-11-12-18-22(21)20-15-9-6-10-16-20;1-5(2,3)4/h6,9-12,15-19H,3-5,7-8,13-14H2,1-2H3;(H3,1,2,3,4). The lowest BCUT2D eigenvalue weighted by atomic mass is 9.95. The molecule has 0 fully saturated rings. The van der Waals surface area contributed by atoms with Gasteiger partial charge in [-0.3, -0.25) is 0 Å². The van der Waals surface area contributed by atoms with E-state index in [0.717, 1.165) is 5.92 Å². The maximum atomic E-state index is 8.88. The highest BCUT2D eigenvalue weighted by Gasteiger charge is 2.04. The molecule has 2 rings (SSSR count). The van der Waals surface area contributed by atoms with Crippen molar-refractivity contribution < 1.29 is 19.2 Å². The molecule has 0 unspecified atom stereocenters. The van der Waals surface area contributed by atoms with Crippen LogP contribution in [0.3, 0.4) is 0 Å². The van der Waals surface area contributed by atoms with Crippen LogP contribution in [0.2, 0.25) is 0 Å². The first-order chi connectivity index (χ1) is 12.8. The van der Waals surface area contributed by atoms with E-state index in [1.165, 1.54) is 61.6 Å². The predicted molar refractivity (Wildman–Crippen MR) is 112 cm³/mol. The monoisotopic (exact) mass is 392 g/mol. The Bertz CT molecular complexity index is 671. The summed E-state index contributed by atoms with van der Waals surface area (Å²) in [6, 6.07) is 19.6. The zero-order chi connectivity index (χ0) is 20.1. The van der Waals surface area contributed by atoms with Gasteiger partial charge in [-0.1, -0.05) is 101 Å². The smallest absolute Gasteiger partial charge is 0.303 e. The summed E-state index contributed by atoms with van der Waals surface area (Å²) in [5.41, 5.74) is 4.24. The second-order valence-electron chi connectivity index (χ2n) is 7.24. The van der Waals surface area contributed by atoms with Crippen molar-refractivity contribution in [2.45, 2.75) is 58.8 Å². The Morgan fingerprint density at radius 3 is 1.93 bits per heavy atom. The predicted octanol–water partition coefficient (Wildman–Crippen LogP) is 5.96. The maximum absolute atomic E-state index is 8.88. The molecular weight excluding hydrogens is 359 g/mol. The van der Waals surface area contributed by atoms with Crippen molar-refractivity contribution in [3.63, 3.8) is 0 Å². The van der Waals surface area contributed by atoms with Crippen LogP contribution in [0.4, 0.5) is 0 Å². The Hall–Kier alpha value is -1.45. The van der Waals surface area contributed by atoms with Gasteiger partial charge in [-0.2, -0.15) is 0 Å². The molecule has 0 aromatic heterocycles. The number of rotatable bonds is 9. The molecule has 0 heterocycles. The number of unbranched alkanes of at least 4 members (excludes halogenated alkanes) is 4. The molecule has 5 heteroatoms. The number of hydrogen-bond acceptors (Lipinski definition) is 1. The minimum absolute atomic E-state index is 0.859. The van der Waals surface area contributed by atoms with E-state index in [2.05, 4.69) is 68.4 Å². The quantitative estimate of drug-likeness (QED) is 0.363. The molecule has 4 nitrogen and oxygen atoms in total. The molecule has 0 aliphatic rings. The first-order valence-corrected chi connectivity index (χ1v) is 11.3. The van der Waals surface area contributed by atoms with E-state index in [-0.39, 0.29) is 0 Å². The van der Waals surface area contributed by atoms with Crippen molar-refractivity contribution in [1.29, 1.82) is 0 Å². The highest BCUT2D eigenvalue weighted by atomic mass is 31.2. The Kier molecular flexibility index (Phi) is 11.2. The minimum atomic E-state index is -4.64. The van der Waals surface area contributed by atoms with Crippen LogP contribution in [0.15, 0.2) is 54.6 Å². The summed E-state index contributed by atoms with van der Waals surface area (Å²) >= 11 is 0. The van der Waals surface area contributed by atoms with Crippen molar-refractivity contribution in [1.82, 2.24) is 0 Å². The summed E-state index contributed by atoms with van der Waals surface area (Å²) in [4.78, 5) is 21.6. The molecule has 3 N–H and O–H groups in total. The largest absolute Gasteiger partial charge is 0.466 e. The summed E-state index contributed by atoms with van der Waals surface area (Å²) < 4.78 is 8.88. The molecule has 0 amide bonds. The van der Waals surface area contributed by atoms with Crippen LogP contribution >= 0.6 is 7.82 Å². The van der Waals surface area contributed by atoms with Crippen LogP contribution in [-0.2, 0) is 11.0 Å². The van der Waals surface area contributed by atoms with E-state index in [1.807, 2.05) is 0 Å². The molecule has 0 aliphatic carbocycles. The van der Waals surface area contributed by atoms with Gasteiger partial charge in [0.05, 0.1) is 0 Å². The van der Waals surface area contributed by atoms with E-state index in [4.69, 9.17) is 19.2 Å². The molecule has 0 atom stereocenters. The molecule has 2 aromatic rings. The van der Waals surface area contributed by atoms with Gasteiger partial charge in [-0.25, -0.2) is 4.57 Å². The lowest BCUT2D eigenvalue weighted by Gasteiger charge is -2.10. The summed E-state index contributed by atoms with van der Waals surface area (Å²) in [6.45, 7) is 4.64. The highest BCUT2D eigenvalue weighted by Crippen LogP contribution is 2.26. The van der Waals surface area contributed by atoms with Gasteiger partial charge in [-0.15, -0.1) is 0 Å². The average molecular weight is 392 g/mol. The second kappa shape index (κ2) is 12.9. The molecule has 0 saturated carbocycles. The third kappa shape index (κ3) is 12.5. The third-order valence-electron chi connectivity index (χ3n) is 4.33. The third-order valence-corrected chi connectivity index (χ3v) is 4.33. The van der Waals surface area contributed by atoms with Crippen molar-refractivity contribution in [3.05, 3.63) is 60.2 Å². The molecule has 0 radical (unpaired) electrons. The second-order valence-corrected chi connectivity index (χ2v) is 8.26. The average Bonchev–Trinajstić information content (AvgIpc) is 2.60. The fourth-order valence-electron chi connectivity index (χ4n) is 3.04. The summed E-state index contributed by atoms with van der Waals surface area (Å²) in [7, 11) is -4.64. The lowest BCUT2D eigenvalue weighted by molar-refractivity contribution is 0.275. The van der Waals surface area contributed by atoms with Gasteiger partial charge in [0.15, 0.2) is 0 Å². The van der Waals surface area contributed by atoms with E-state index in [9.17, 15) is 0 Å². The van der Waals surface area contributed by atoms with Gasteiger partial charge in [-0.05, 0) is 35.4 Å². The van der Waals surface area contributed by atoms with Crippen LogP contribution in [0.1, 0.15) is 57.9 Å². The van der Waals surface area contributed by atoms with Gasteiger partial charge in [0.25, 0.3) is 0 Å². The van der Waals surface area contributed by atoms with Crippen LogP contribution in [0.5, 0.6) is 0 Å². The molecule has 0 spiro atoms. The number of phosphoric acid groups is 1. The van der Waals surface area contributed by atoms with Crippen LogP contribution < -0.4 is 0 Å². The van der Waals surface area contributed by atoms with E-state index in [0.29, 0.717) is 0 Å². The molecule has 0 bridgehead atoms. The zero-order valence-corrected chi connectivity index (χ0v) is 17.3. The molecule has 0 saturated heterocycles. The van der Waals surface area contributed by atoms with Crippen molar-refractivity contribution >= 4 is 7.82 Å². The summed E-state index contributed by atoms with van der Waals surface area (Å²) in [6.07, 6.45) is 9.45. The van der Waals surface area contributed by atoms with Gasteiger partial charge >= 0.3 is 7.82 Å². The van der Waals surface area contributed by atoms with Crippen molar-refractivity contribution in [2.24, 2.45) is 5.92 Å². The zero-order valence-electron chi connectivity index (χ0n) is 16.4. The fraction of sp³-hybridized carbons (Fsp3) is 0.455. The highest BCUT2D eigenvalue weighted by molar-refractivity contribution is 7.45. The van der Waals surface area contributed by atoms with Crippen molar-refractivity contribution in [2.75, 3.05) is 0 Å². The Morgan fingerprint density at radius 2 is 1.30 bits per heavy atom. The Morgan fingerprint density at radius 1 is 0.778 bits per heavy atom. The number of aryl methyl sites for hydroxylation is 1. The Balaban J connectivity index is 0.000000646. The van der Waals surface area contributed by atoms with Crippen LogP contribution in [-0.4, -0.2) is 14.7 Å². The number of hydrogen-bond donors (Lipinski definition) is 3. The van der Waals surface area contributed by atoms with Gasteiger partial charge < -0.3 is 14.7 Å². The minimum Gasteiger partial charge on any atom is -0.303 e. The topological polar surface area (TPSA) is 77.8 Å². The molecule has 150 valence electrons. The Labute approximate surface area is 163 Å². The lowest BCUT2D eigenvalue weighted by Crippen LogP contribution is -1.91. The van der Waals surface area contributed by atoms with Crippen LogP contribution in [0, 0.1) is 5.92 Å². The first-order valence-electron chi connectivity index (χ1n) is 9.69. The van der Waals surface area contributed by atoms with E-state index >= 15 is 0 Å². The molecule has 27 heavy (non-hydrogen) atoms. The van der Waals surface area contributed by atoms with E-state index < -0.39 is 7.82 Å².